The number of carbonyl (C=O) groups is 2. The van der Waals surface area contributed by atoms with Gasteiger partial charge in [-0.05, 0) is 70.6 Å². The second kappa shape index (κ2) is 45.4. The van der Waals surface area contributed by atoms with Crippen LogP contribution in [0.1, 0.15) is 265 Å². The molecular weight excluding hydrogens is 707 g/mol. The molecule has 3 unspecified atom stereocenters. The third-order valence-electron chi connectivity index (χ3n) is 11.5. The molecule has 0 aliphatic carbocycles. The van der Waals surface area contributed by atoms with Crippen molar-refractivity contribution in [3.8, 4) is 0 Å². The summed E-state index contributed by atoms with van der Waals surface area (Å²) in [6, 6.07) is -0.701. The zero-order chi connectivity index (χ0) is 41.7. The van der Waals surface area contributed by atoms with Crippen molar-refractivity contribution in [2.45, 2.75) is 283 Å². The van der Waals surface area contributed by atoms with Gasteiger partial charge in [-0.3, -0.25) is 9.59 Å². The topological polar surface area (TPSA) is 95.9 Å². The third-order valence-corrected chi connectivity index (χ3v) is 11.5. The molecule has 0 aliphatic heterocycles. The number of carbonyl (C=O) groups excluding carboxylic acids is 2. The molecule has 0 bridgehead atoms. The van der Waals surface area contributed by atoms with E-state index in [2.05, 4.69) is 50.4 Å². The van der Waals surface area contributed by atoms with E-state index in [9.17, 15) is 19.8 Å². The van der Waals surface area contributed by atoms with Gasteiger partial charge in [0, 0.05) is 6.42 Å². The van der Waals surface area contributed by atoms with Gasteiger partial charge in [-0.15, -0.1) is 0 Å². The first-order chi connectivity index (χ1) is 28.0. The van der Waals surface area contributed by atoms with Crippen molar-refractivity contribution in [3.05, 3.63) is 24.3 Å². The second-order valence-electron chi connectivity index (χ2n) is 17.2. The summed E-state index contributed by atoms with van der Waals surface area (Å²) in [5, 5.41) is 23.7. The Labute approximate surface area is 354 Å². The fourth-order valence-electron chi connectivity index (χ4n) is 7.64. The number of aliphatic hydroxyl groups is 2. The number of ether oxygens (including phenoxy) is 1. The summed E-state index contributed by atoms with van der Waals surface area (Å²) in [5.74, 6) is -0.484. The molecule has 0 aromatic carbocycles. The van der Waals surface area contributed by atoms with Gasteiger partial charge in [0.05, 0.1) is 25.2 Å². The molecule has 0 aromatic heterocycles. The highest BCUT2D eigenvalue weighted by molar-refractivity contribution is 5.77. The van der Waals surface area contributed by atoms with Crippen molar-refractivity contribution in [3.63, 3.8) is 0 Å². The van der Waals surface area contributed by atoms with Gasteiger partial charge >= 0.3 is 5.97 Å². The van der Waals surface area contributed by atoms with E-state index >= 15 is 0 Å². The van der Waals surface area contributed by atoms with Gasteiger partial charge in [0.25, 0.3) is 0 Å². The molecule has 1 amide bonds. The number of hydrogen-bond acceptors (Lipinski definition) is 5. The molecule has 0 saturated carbocycles. The van der Waals surface area contributed by atoms with E-state index < -0.39 is 18.2 Å². The third kappa shape index (κ3) is 40.9. The zero-order valence-electron chi connectivity index (χ0n) is 38.2. The molecule has 3 N–H and O–H groups in total. The lowest BCUT2D eigenvalue weighted by molar-refractivity contribution is -0.151. The molecule has 6 nitrogen and oxygen atoms in total. The van der Waals surface area contributed by atoms with E-state index in [1.54, 1.807) is 0 Å². The van der Waals surface area contributed by atoms with Crippen LogP contribution in [0.15, 0.2) is 24.3 Å². The fraction of sp³-hybridized carbons (Fsp3) is 0.882. The molecule has 0 aromatic rings. The van der Waals surface area contributed by atoms with Gasteiger partial charge in [0.15, 0.2) is 0 Å². The molecule has 3 atom stereocenters. The highest BCUT2D eigenvalue weighted by Crippen LogP contribution is 2.18. The lowest BCUT2D eigenvalue weighted by atomic mass is 10.0. The maximum absolute atomic E-state index is 13.2. The van der Waals surface area contributed by atoms with Crippen molar-refractivity contribution in [1.82, 2.24) is 5.32 Å². The van der Waals surface area contributed by atoms with Crippen LogP contribution in [0.4, 0.5) is 0 Å². The van der Waals surface area contributed by atoms with E-state index in [1.807, 2.05) is 0 Å². The summed E-state index contributed by atoms with van der Waals surface area (Å²) >= 11 is 0. The Morgan fingerprint density at radius 3 is 1.32 bits per heavy atom. The summed E-state index contributed by atoms with van der Waals surface area (Å²) in [4.78, 5) is 26.0. The number of amides is 1. The minimum atomic E-state index is -0.787. The Morgan fingerprint density at radius 1 is 0.491 bits per heavy atom. The van der Waals surface area contributed by atoms with Gasteiger partial charge in [-0.1, -0.05) is 206 Å². The van der Waals surface area contributed by atoms with Gasteiger partial charge in [-0.2, -0.15) is 0 Å². The second-order valence-corrected chi connectivity index (χ2v) is 17.2. The van der Waals surface area contributed by atoms with E-state index in [0.29, 0.717) is 19.3 Å². The van der Waals surface area contributed by atoms with Crippen molar-refractivity contribution in [1.29, 1.82) is 0 Å². The maximum Gasteiger partial charge on any atom is 0.306 e. The van der Waals surface area contributed by atoms with E-state index in [0.717, 1.165) is 64.2 Å². The van der Waals surface area contributed by atoms with Crippen LogP contribution in [0.5, 0.6) is 0 Å². The summed E-state index contributed by atoms with van der Waals surface area (Å²) in [7, 11) is 0. The lowest BCUT2D eigenvalue weighted by Gasteiger charge is -2.24. The highest BCUT2D eigenvalue weighted by Gasteiger charge is 2.24. The van der Waals surface area contributed by atoms with E-state index in [1.165, 1.54) is 154 Å². The molecule has 0 saturated heterocycles. The van der Waals surface area contributed by atoms with Crippen molar-refractivity contribution >= 4 is 11.9 Å². The Balaban J connectivity index is 4.55. The smallest absolute Gasteiger partial charge is 0.306 e. The number of allylic oxidation sites excluding steroid dienone is 4. The molecule has 0 fully saturated rings. The number of aliphatic hydroxyl groups excluding tert-OH is 2. The van der Waals surface area contributed by atoms with Crippen LogP contribution in [0, 0.1) is 0 Å². The summed E-state index contributed by atoms with van der Waals surface area (Å²) in [5.41, 5.74) is 0. The van der Waals surface area contributed by atoms with E-state index in [-0.39, 0.29) is 24.9 Å². The van der Waals surface area contributed by atoms with Crippen LogP contribution in [0.3, 0.4) is 0 Å². The fourth-order valence-corrected chi connectivity index (χ4v) is 7.64. The quantitative estimate of drug-likeness (QED) is 0.0324. The molecule has 0 heterocycles. The Morgan fingerprint density at radius 2 is 0.860 bits per heavy atom. The lowest BCUT2D eigenvalue weighted by Crippen LogP contribution is -2.46. The van der Waals surface area contributed by atoms with Crippen molar-refractivity contribution in [2.75, 3.05) is 6.61 Å². The number of unbranched alkanes of at least 4 members (excludes halogenated alkanes) is 29. The molecule has 0 spiro atoms. The Bertz CT molecular complexity index is 904. The van der Waals surface area contributed by atoms with Gasteiger partial charge < -0.3 is 20.3 Å². The maximum atomic E-state index is 13.2. The Kier molecular flexibility index (Phi) is 44.1. The molecule has 57 heavy (non-hydrogen) atoms. The minimum absolute atomic E-state index is 0.0721. The summed E-state index contributed by atoms with van der Waals surface area (Å²) < 4.78 is 5.91. The van der Waals surface area contributed by atoms with Crippen LogP contribution in [0.2, 0.25) is 0 Å². The average molecular weight is 804 g/mol. The molecule has 6 heteroatoms. The summed E-state index contributed by atoms with van der Waals surface area (Å²) in [6.45, 7) is 6.44. The van der Waals surface area contributed by atoms with Gasteiger partial charge in [-0.25, -0.2) is 0 Å². The standard InChI is InChI=1S/C51H97NO5/c1-4-7-10-13-16-19-22-24-26-29-31-34-37-40-43-49(54)48(46-53)52-50(55)45-47(42-39-36-33-30-28-25-23-20-17-14-11-8-5-2)57-51(56)44-41-38-35-32-27-21-18-15-12-9-6-3/h15,18,20,23,47-49,53-54H,4-14,16-17,19,21-22,24-46H2,1-3H3,(H,52,55)/b18-15-,23-20-. The number of nitrogens with one attached hydrogen (secondary N) is 1. The zero-order valence-corrected chi connectivity index (χ0v) is 38.2. The van der Waals surface area contributed by atoms with Gasteiger partial charge in [0.1, 0.15) is 6.10 Å². The first kappa shape index (κ1) is 55.3. The normalized spacial score (nSPS) is 13.4. The molecule has 336 valence electrons. The van der Waals surface area contributed by atoms with E-state index in [4.69, 9.17) is 4.74 Å². The van der Waals surface area contributed by atoms with Gasteiger partial charge in [0.2, 0.25) is 5.91 Å². The van der Waals surface area contributed by atoms with Crippen molar-refractivity contribution in [2.24, 2.45) is 0 Å². The number of rotatable bonds is 45. The molecular formula is C51H97NO5. The van der Waals surface area contributed by atoms with Crippen LogP contribution >= 0.6 is 0 Å². The van der Waals surface area contributed by atoms with Crippen LogP contribution in [-0.2, 0) is 14.3 Å². The Hall–Kier alpha value is -1.66. The number of hydrogen-bond donors (Lipinski definition) is 3. The van der Waals surface area contributed by atoms with Crippen LogP contribution in [-0.4, -0.2) is 46.9 Å². The molecule has 0 aliphatic rings. The average Bonchev–Trinajstić information content (AvgIpc) is 3.20. The summed E-state index contributed by atoms with van der Waals surface area (Å²) in [6.07, 6.45) is 50.9. The predicted molar refractivity (Wildman–Crippen MR) is 246 cm³/mol. The first-order valence-corrected chi connectivity index (χ1v) is 25.1. The first-order valence-electron chi connectivity index (χ1n) is 25.1. The highest BCUT2D eigenvalue weighted by atomic mass is 16.5. The molecule has 0 radical (unpaired) electrons. The molecule has 0 rings (SSSR count). The predicted octanol–water partition coefficient (Wildman–Crippen LogP) is 14.7. The number of esters is 1. The van der Waals surface area contributed by atoms with Crippen LogP contribution in [0.25, 0.3) is 0 Å². The minimum Gasteiger partial charge on any atom is -0.462 e. The SMILES string of the molecule is CCCC/C=C\CCCCCCCC(=O)OC(CCCCCCC/C=C\CCCCCC)CC(=O)NC(CO)C(O)CCCCCCCCCCCCCCCC. The van der Waals surface area contributed by atoms with Crippen molar-refractivity contribution < 1.29 is 24.5 Å². The largest absolute Gasteiger partial charge is 0.462 e. The van der Waals surface area contributed by atoms with Crippen LogP contribution < -0.4 is 5.32 Å². The monoisotopic (exact) mass is 804 g/mol.